The predicted octanol–water partition coefficient (Wildman–Crippen LogP) is 6.17. The van der Waals surface area contributed by atoms with Gasteiger partial charge in [-0.3, -0.25) is 14.9 Å². The van der Waals surface area contributed by atoms with Crippen molar-refractivity contribution >= 4 is 16.9 Å². The quantitative estimate of drug-likeness (QED) is 0.207. The Morgan fingerprint density at radius 3 is 2.55 bits per heavy atom. The molecule has 42 heavy (non-hydrogen) atoms. The van der Waals surface area contributed by atoms with Crippen LogP contribution < -0.4 is 10.2 Å². The van der Waals surface area contributed by atoms with Crippen molar-refractivity contribution in [2.45, 2.75) is 64.8 Å². The van der Waals surface area contributed by atoms with E-state index in [1.165, 1.54) is 35.7 Å². The first-order valence-corrected chi connectivity index (χ1v) is 14.8. The molecule has 0 saturated carbocycles. The first-order valence-electron chi connectivity index (χ1n) is 14.8. The number of para-hydroxylation sites is 1. The van der Waals surface area contributed by atoms with Crippen molar-refractivity contribution in [2.75, 3.05) is 0 Å². The normalized spacial score (nSPS) is 15.0. The zero-order valence-electron chi connectivity index (χ0n) is 24.1. The van der Waals surface area contributed by atoms with E-state index < -0.39 is 0 Å². The number of carbonyl (C=O) groups is 1. The minimum atomic E-state index is -0.337. The largest absolute Gasteiger partial charge is 0.337 e. The number of nitrogens with one attached hydrogen (secondary N) is 1. The molecule has 5 aromatic rings. The van der Waals surface area contributed by atoms with Gasteiger partial charge in [-0.1, -0.05) is 61.0 Å². The average Bonchev–Trinajstić information content (AvgIpc) is 3.19. The Balaban J connectivity index is 1.26. The van der Waals surface area contributed by atoms with E-state index in [1.807, 2.05) is 55.0 Å². The lowest BCUT2D eigenvalue weighted by molar-refractivity contribution is -0.140. The van der Waals surface area contributed by atoms with Gasteiger partial charge in [-0.15, -0.1) is 0 Å². The molecule has 0 amide bonds. The maximum atomic E-state index is 11.8. The van der Waals surface area contributed by atoms with Crippen LogP contribution in [0.2, 0.25) is 0 Å². The van der Waals surface area contributed by atoms with Crippen molar-refractivity contribution in [3.8, 4) is 0 Å². The summed E-state index contributed by atoms with van der Waals surface area (Å²) in [5.74, 6) is -0.337. The van der Waals surface area contributed by atoms with Gasteiger partial charge in [-0.05, 0) is 65.8 Å². The Morgan fingerprint density at radius 2 is 1.71 bits per heavy atom. The van der Waals surface area contributed by atoms with Gasteiger partial charge in [0.15, 0.2) is 0 Å². The Hall–Kier alpha value is -4.33. The van der Waals surface area contributed by atoms with E-state index in [4.69, 9.17) is 9.82 Å². The zero-order valence-corrected chi connectivity index (χ0v) is 24.1. The summed E-state index contributed by atoms with van der Waals surface area (Å²) in [5, 5.41) is 4.58. The summed E-state index contributed by atoms with van der Waals surface area (Å²) in [5.41, 5.74) is 8.10. The number of benzene rings is 2. The lowest BCUT2D eigenvalue weighted by Crippen LogP contribution is -2.29. The van der Waals surface area contributed by atoms with Gasteiger partial charge in [0.2, 0.25) is 0 Å². The minimum absolute atomic E-state index is 0.194. The Bertz CT molecular complexity index is 1630. The maximum Gasteiger partial charge on any atom is 0.329 e. The topological polar surface area (TPSA) is 72.3 Å². The third kappa shape index (κ3) is 6.59. The molecule has 0 radical (unpaired) electrons. The van der Waals surface area contributed by atoms with Gasteiger partial charge >= 0.3 is 5.97 Å². The molecule has 0 fully saturated rings. The standard InChI is InChI=1S/C35H37N5O2/c1-26(41)42-40-25-30(32-12-3-5-13-33(32)40)24-39(34-14-4-2-9-29-10-8-20-38-35(29)34)23-28-17-15-27(16-18-28)21-36-22-31-11-6-7-19-37-31/h3,5-8,10-13,15-20,25,34,36H,2,4,9,14,21-24H2,1H3. The number of nitrogens with zero attached hydrogens (tertiary/aromatic N) is 4. The molecule has 1 aliphatic carbocycles. The molecule has 2 aromatic carbocycles. The van der Waals surface area contributed by atoms with E-state index in [1.54, 1.807) is 4.73 Å². The Kier molecular flexibility index (Phi) is 8.68. The molecule has 0 bridgehead atoms. The van der Waals surface area contributed by atoms with Gasteiger partial charge in [-0.25, -0.2) is 4.79 Å². The van der Waals surface area contributed by atoms with Crippen molar-refractivity contribution in [2.24, 2.45) is 0 Å². The molecule has 6 rings (SSSR count). The van der Waals surface area contributed by atoms with Crippen molar-refractivity contribution in [1.82, 2.24) is 24.9 Å². The SMILES string of the molecule is CC(=O)On1cc(CN(Cc2ccc(CNCc3ccccn3)cc2)C2CCCCc3cccnc32)c2ccccc21. The molecular weight excluding hydrogens is 522 g/mol. The van der Waals surface area contributed by atoms with Crippen LogP contribution in [0.15, 0.2) is 97.5 Å². The second kappa shape index (κ2) is 13.1. The van der Waals surface area contributed by atoms with Crippen LogP contribution >= 0.6 is 0 Å². The lowest BCUT2D eigenvalue weighted by atomic mass is 10.0. The Morgan fingerprint density at radius 1 is 0.905 bits per heavy atom. The third-order valence-corrected chi connectivity index (χ3v) is 7.99. The van der Waals surface area contributed by atoms with Crippen LogP contribution in [0.4, 0.5) is 0 Å². The summed E-state index contributed by atoms with van der Waals surface area (Å²) < 4.78 is 1.61. The molecule has 3 heterocycles. The number of aromatic nitrogens is 3. The van der Waals surface area contributed by atoms with Crippen LogP contribution in [0.25, 0.3) is 10.9 Å². The van der Waals surface area contributed by atoms with E-state index in [-0.39, 0.29) is 12.0 Å². The van der Waals surface area contributed by atoms with Gasteiger partial charge < -0.3 is 10.2 Å². The molecule has 1 unspecified atom stereocenters. The molecule has 7 nitrogen and oxygen atoms in total. The van der Waals surface area contributed by atoms with E-state index in [0.717, 1.165) is 61.1 Å². The number of fused-ring (bicyclic) bond motifs is 2. The first kappa shape index (κ1) is 27.8. The van der Waals surface area contributed by atoms with Crippen LogP contribution in [-0.2, 0) is 37.4 Å². The molecular formula is C35H37N5O2. The van der Waals surface area contributed by atoms with E-state index in [9.17, 15) is 4.79 Å². The molecule has 0 saturated heterocycles. The highest BCUT2D eigenvalue weighted by Gasteiger charge is 2.27. The first-order chi connectivity index (χ1) is 20.6. The monoisotopic (exact) mass is 559 g/mol. The van der Waals surface area contributed by atoms with Crippen LogP contribution in [0, 0.1) is 0 Å². The molecule has 1 atom stereocenters. The highest BCUT2D eigenvalue weighted by molar-refractivity contribution is 5.84. The van der Waals surface area contributed by atoms with Crippen molar-refractivity contribution in [1.29, 1.82) is 0 Å². The summed E-state index contributed by atoms with van der Waals surface area (Å²) in [4.78, 5) is 29.2. The van der Waals surface area contributed by atoms with Gasteiger partial charge in [0.25, 0.3) is 0 Å². The molecule has 3 aromatic heterocycles. The summed E-state index contributed by atoms with van der Waals surface area (Å²) >= 11 is 0. The zero-order chi connectivity index (χ0) is 28.7. The highest BCUT2D eigenvalue weighted by atomic mass is 16.7. The Labute approximate surface area is 247 Å². The minimum Gasteiger partial charge on any atom is -0.337 e. The number of rotatable bonds is 10. The van der Waals surface area contributed by atoms with Gasteiger partial charge in [-0.2, -0.15) is 4.73 Å². The molecule has 7 heteroatoms. The van der Waals surface area contributed by atoms with E-state index >= 15 is 0 Å². The second-order valence-corrected chi connectivity index (χ2v) is 11.0. The summed E-state index contributed by atoms with van der Waals surface area (Å²) in [6.45, 7) is 4.46. The molecule has 214 valence electrons. The number of hydrogen-bond donors (Lipinski definition) is 1. The lowest BCUT2D eigenvalue weighted by Gasteiger charge is -2.32. The molecule has 1 aliphatic rings. The van der Waals surface area contributed by atoms with E-state index in [2.05, 4.69) is 57.7 Å². The fourth-order valence-corrected chi connectivity index (χ4v) is 6.00. The molecule has 0 spiro atoms. The second-order valence-electron chi connectivity index (χ2n) is 11.0. The van der Waals surface area contributed by atoms with Gasteiger partial charge in [0.1, 0.15) is 0 Å². The highest BCUT2D eigenvalue weighted by Crippen LogP contribution is 2.35. The predicted molar refractivity (Wildman–Crippen MR) is 164 cm³/mol. The fraction of sp³-hybridized carbons (Fsp3) is 0.286. The smallest absolute Gasteiger partial charge is 0.329 e. The number of carbonyl (C=O) groups excluding carboxylic acids is 1. The third-order valence-electron chi connectivity index (χ3n) is 7.99. The molecule has 1 N–H and O–H groups in total. The van der Waals surface area contributed by atoms with Crippen molar-refractivity contribution in [3.05, 3.63) is 131 Å². The number of hydrogen-bond acceptors (Lipinski definition) is 6. The van der Waals surface area contributed by atoms with Crippen LogP contribution in [0.3, 0.4) is 0 Å². The van der Waals surface area contributed by atoms with Crippen molar-refractivity contribution < 1.29 is 9.63 Å². The summed E-state index contributed by atoms with van der Waals surface area (Å²) in [6.07, 6.45) is 10.2. The fourth-order valence-electron chi connectivity index (χ4n) is 6.00. The summed E-state index contributed by atoms with van der Waals surface area (Å²) in [6, 6.07) is 27.5. The van der Waals surface area contributed by atoms with Crippen LogP contribution in [0.1, 0.15) is 65.9 Å². The average molecular weight is 560 g/mol. The number of aryl methyl sites for hydroxylation is 1. The maximum absolute atomic E-state index is 11.8. The van der Waals surface area contributed by atoms with Gasteiger partial charge in [0, 0.05) is 57.1 Å². The van der Waals surface area contributed by atoms with E-state index in [0.29, 0.717) is 6.54 Å². The van der Waals surface area contributed by atoms with Gasteiger partial charge in [0.05, 0.1) is 22.9 Å². The van der Waals surface area contributed by atoms with Crippen LogP contribution in [0.5, 0.6) is 0 Å². The van der Waals surface area contributed by atoms with Crippen molar-refractivity contribution in [3.63, 3.8) is 0 Å². The summed E-state index contributed by atoms with van der Waals surface area (Å²) in [7, 11) is 0. The van der Waals surface area contributed by atoms with Crippen LogP contribution in [-0.4, -0.2) is 25.6 Å². The molecule has 0 aliphatic heterocycles. The number of pyridine rings is 2.